The van der Waals surface area contributed by atoms with Gasteiger partial charge >= 0.3 is 0 Å². The van der Waals surface area contributed by atoms with Crippen molar-refractivity contribution in [3.63, 3.8) is 0 Å². The maximum Gasteiger partial charge on any atom is 0.104 e. The first-order chi connectivity index (χ1) is 6.83. The molecular formula is C10H21NO3. The van der Waals surface area contributed by atoms with Crippen molar-refractivity contribution in [1.29, 1.82) is 0 Å². The fourth-order valence-electron chi connectivity index (χ4n) is 1.66. The summed E-state index contributed by atoms with van der Waals surface area (Å²) in [6.07, 6.45) is 3.69. The molecule has 84 valence electrons. The Labute approximate surface area is 85.4 Å². The molecule has 1 rings (SSSR count). The summed E-state index contributed by atoms with van der Waals surface area (Å²) in [7, 11) is 0. The van der Waals surface area contributed by atoms with Crippen molar-refractivity contribution in [2.24, 2.45) is 5.73 Å². The van der Waals surface area contributed by atoms with Crippen LogP contribution in [-0.4, -0.2) is 43.7 Å². The zero-order valence-electron chi connectivity index (χ0n) is 8.71. The van der Waals surface area contributed by atoms with Gasteiger partial charge in [0.2, 0.25) is 0 Å². The fourth-order valence-corrected chi connectivity index (χ4v) is 1.66. The summed E-state index contributed by atoms with van der Waals surface area (Å²) in [6.45, 7) is 2.85. The second-order valence-corrected chi connectivity index (χ2v) is 3.82. The Morgan fingerprint density at radius 1 is 1.43 bits per heavy atom. The lowest BCUT2D eigenvalue weighted by molar-refractivity contribution is -0.123. The summed E-state index contributed by atoms with van der Waals surface area (Å²) >= 11 is 0. The Balaban J connectivity index is 2.22. The summed E-state index contributed by atoms with van der Waals surface area (Å²) in [4.78, 5) is 0. The van der Waals surface area contributed by atoms with E-state index in [0.29, 0.717) is 19.8 Å². The average molecular weight is 203 g/mol. The lowest BCUT2D eigenvalue weighted by Crippen LogP contribution is -2.48. The van der Waals surface area contributed by atoms with Crippen molar-refractivity contribution < 1.29 is 14.6 Å². The van der Waals surface area contributed by atoms with E-state index in [2.05, 4.69) is 0 Å². The zero-order chi connectivity index (χ0) is 10.3. The van der Waals surface area contributed by atoms with Gasteiger partial charge in [0.25, 0.3) is 0 Å². The van der Waals surface area contributed by atoms with E-state index >= 15 is 0 Å². The van der Waals surface area contributed by atoms with Crippen LogP contribution in [0.2, 0.25) is 0 Å². The topological polar surface area (TPSA) is 64.7 Å². The molecule has 0 radical (unpaired) electrons. The maximum atomic E-state index is 8.62. The van der Waals surface area contributed by atoms with Crippen LogP contribution in [0.25, 0.3) is 0 Å². The van der Waals surface area contributed by atoms with E-state index in [-0.39, 0.29) is 12.2 Å². The molecular weight excluding hydrogens is 182 g/mol. The van der Waals surface area contributed by atoms with Crippen LogP contribution in [0.1, 0.15) is 25.7 Å². The quantitative estimate of drug-likeness (QED) is 0.609. The SMILES string of the molecule is NCC1(OCCCCO)CCCOC1. The standard InChI is InChI=1S/C10H21NO3/c11-8-10(4-3-6-13-9-10)14-7-2-1-5-12/h12H,1-9,11H2. The Morgan fingerprint density at radius 2 is 2.29 bits per heavy atom. The second-order valence-electron chi connectivity index (χ2n) is 3.82. The lowest BCUT2D eigenvalue weighted by atomic mass is 9.96. The number of unbranched alkanes of at least 4 members (excludes halogenated alkanes) is 1. The summed E-state index contributed by atoms with van der Waals surface area (Å²) in [5.41, 5.74) is 5.44. The predicted molar refractivity (Wildman–Crippen MR) is 54.1 cm³/mol. The maximum absolute atomic E-state index is 8.62. The number of hydrogen-bond donors (Lipinski definition) is 2. The second kappa shape index (κ2) is 6.35. The third kappa shape index (κ3) is 3.53. The molecule has 1 atom stereocenters. The van der Waals surface area contributed by atoms with Crippen molar-refractivity contribution in [2.75, 3.05) is 33.0 Å². The molecule has 4 nitrogen and oxygen atoms in total. The number of hydrogen-bond acceptors (Lipinski definition) is 4. The van der Waals surface area contributed by atoms with Crippen LogP contribution in [0.5, 0.6) is 0 Å². The van der Waals surface area contributed by atoms with Gasteiger partial charge in [0, 0.05) is 26.4 Å². The van der Waals surface area contributed by atoms with Crippen molar-refractivity contribution in [1.82, 2.24) is 0 Å². The minimum atomic E-state index is -0.256. The van der Waals surface area contributed by atoms with Gasteiger partial charge in [-0.1, -0.05) is 0 Å². The van der Waals surface area contributed by atoms with E-state index < -0.39 is 0 Å². The largest absolute Gasteiger partial charge is 0.396 e. The van der Waals surface area contributed by atoms with Gasteiger partial charge in [-0.2, -0.15) is 0 Å². The molecule has 0 aromatic carbocycles. The predicted octanol–water partition coefficient (Wildman–Crippen LogP) is 0.283. The van der Waals surface area contributed by atoms with E-state index in [9.17, 15) is 0 Å². The van der Waals surface area contributed by atoms with E-state index in [1.54, 1.807) is 0 Å². The van der Waals surface area contributed by atoms with E-state index in [0.717, 1.165) is 32.3 Å². The molecule has 1 saturated heterocycles. The Morgan fingerprint density at radius 3 is 2.86 bits per heavy atom. The highest BCUT2D eigenvalue weighted by atomic mass is 16.5. The van der Waals surface area contributed by atoms with Crippen molar-refractivity contribution in [3.05, 3.63) is 0 Å². The van der Waals surface area contributed by atoms with Crippen molar-refractivity contribution >= 4 is 0 Å². The number of aliphatic hydroxyl groups excluding tert-OH is 1. The van der Waals surface area contributed by atoms with E-state index in [1.807, 2.05) is 0 Å². The van der Waals surface area contributed by atoms with Crippen molar-refractivity contribution in [3.8, 4) is 0 Å². The molecule has 1 unspecified atom stereocenters. The summed E-state index contributed by atoms with van der Waals surface area (Å²) in [6, 6.07) is 0. The minimum Gasteiger partial charge on any atom is -0.396 e. The molecule has 0 amide bonds. The molecule has 1 aliphatic heterocycles. The van der Waals surface area contributed by atoms with Gasteiger partial charge in [0.05, 0.1) is 6.61 Å². The van der Waals surface area contributed by atoms with Gasteiger partial charge in [0.1, 0.15) is 5.60 Å². The highest BCUT2D eigenvalue weighted by Crippen LogP contribution is 2.22. The van der Waals surface area contributed by atoms with Gasteiger partial charge < -0.3 is 20.3 Å². The molecule has 3 N–H and O–H groups in total. The molecule has 0 aliphatic carbocycles. The highest BCUT2D eigenvalue weighted by Gasteiger charge is 2.32. The Kier molecular flexibility index (Phi) is 5.40. The number of nitrogens with two attached hydrogens (primary N) is 1. The molecule has 1 heterocycles. The number of rotatable bonds is 6. The van der Waals surface area contributed by atoms with Crippen molar-refractivity contribution in [2.45, 2.75) is 31.3 Å². The van der Waals surface area contributed by atoms with Crippen LogP contribution in [0.3, 0.4) is 0 Å². The zero-order valence-corrected chi connectivity index (χ0v) is 8.71. The average Bonchev–Trinajstić information content (AvgIpc) is 2.26. The molecule has 1 aliphatic rings. The molecule has 0 aromatic heterocycles. The van der Waals surface area contributed by atoms with Gasteiger partial charge in [-0.25, -0.2) is 0 Å². The molecule has 0 saturated carbocycles. The molecule has 0 bridgehead atoms. The molecule has 14 heavy (non-hydrogen) atoms. The van der Waals surface area contributed by atoms with Crippen LogP contribution < -0.4 is 5.73 Å². The van der Waals surface area contributed by atoms with E-state index in [1.165, 1.54) is 0 Å². The fraction of sp³-hybridized carbons (Fsp3) is 1.00. The first-order valence-electron chi connectivity index (χ1n) is 5.36. The third-order valence-electron chi connectivity index (χ3n) is 2.62. The molecule has 0 spiro atoms. The smallest absolute Gasteiger partial charge is 0.104 e. The van der Waals surface area contributed by atoms with Gasteiger partial charge in [0.15, 0.2) is 0 Å². The molecule has 4 heteroatoms. The highest BCUT2D eigenvalue weighted by molar-refractivity contribution is 4.84. The monoisotopic (exact) mass is 203 g/mol. The summed E-state index contributed by atoms with van der Waals surface area (Å²) in [5, 5.41) is 8.62. The lowest BCUT2D eigenvalue weighted by Gasteiger charge is -2.35. The van der Waals surface area contributed by atoms with Gasteiger partial charge in [-0.15, -0.1) is 0 Å². The first-order valence-corrected chi connectivity index (χ1v) is 5.36. The van der Waals surface area contributed by atoms with Crippen LogP contribution >= 0.6 is 0 Å². The Bertz CT molecular complexity index is 146. The normalized spacial score (nSPS) is 27.9. The first kappa shape index (κ1) is 11.9. The molecule has 1 fully saturated rings. The third-order valence-corrected chi connectivity index (χ3v) is 2.62. The number of aliphatic hydroxyl groups is 1. The van der Waals surface area contributed by atoms with E-state index in [4.69, 9.17) is 20.3 Å². The van der Waals surface area contributed by atoms with Crippen LogP contribution in [0.4, 0.5) is 0 Å². The van der Waals surface area contributed by atoms with Crippen LogP contribution in [-0.2, 0) is 9.47 Å². The van der Waals surface area contributed by atoms with Crippen LogP contribution in [0, 0.1) is 0 Å². The summed E-state index contributed by atoms with van der Waals surface area (Å²) < 4.78 is 11.1. The molecule has 0 aromatic rings. The summed E-state index contributed by atoms with van der Waals surface area (Å²) in [5.74, 6) is 0. The van der Waals surface area contributed by atoms with Gasteiger partial charge in [-0.05, 0) is 25.7 Å². The van der Waals surface area contributed by atoms with Gasteiger partial charge in [-0.3, -0.25) is 0 Å². The minimum absolute atomic E-state index is 0.232. The number of ether oxygens (including phenoxy) is 2. The van der Waals surface area contributed by atoms with Crippen LogP contribution in [0.15, 0.2) is 0 Å². The Hall–Kier alpha value is -0.160.